The quantitative estimate of drug-likeness (QED) is 0.307. The molecule has 2 fully saturated rings. The zero-order valence-corrected chi connectivity index (χ0v) is 27.4. The van der Waals surface area contributed by atoms with Crippen molar-refractivity contribution in [3.05, 3.63) is 70.9 Å². The van der Waals surface area contributed by atoms with Crippen LogP contribution in [0.2, 0.25) is 5.02 Å². The summed E-state index contributed by atoms with van der Waals surface area (Å²) in [4.78, 5) is 73.2. The third-order valence-corrected chi connectivity index (χ3v) is 8.81. The summed E-state index contributed by atoms with van der Waals surface area (Å²) in [6.45, 7) is 3.10. The van der Waals surface area contributed by atoms with Crippen molar-refractivity contribution in [1.82, 2.24) is 25.0 Å². The molecule has 2 unspecified atom stereocenters. The van der Waals surface area contributed by atoms with E-state index >= 15 is 0 Å². The fraction of sp³-hybridized carbons (Fsp3) is 0.412. The number of rotatable bonds is 11. The molecule has 2 aromatic carbocycles. The molecular weight excluding hydrogens is 642 g/mol. The molecule has 254 valence electrons. The third kappa shape index (κ3) is 8.14. The lowest BCUT2D eigenvalue weighted by atomic mass is 10.0. The van der Waals surface area contributed by atoms with E-state index in [9.17, 15) is 29.1 Å². The molecule has 2 aliphatic rings. The number of benzene rings is 2. The minimum atomic E-state index is -1.15. The smallest absolute Gasteiger partial charge is 0.409 e. The van der Waals surface area contributed by atoms with Gasteiger partial charge in [0.2, 0.25) is 5.91 Å². The zero-order chi connectivity index (χ0) is 34.2. The van der Waals surface area contributed by atoms with Crippen molar-refractivity contribution >= 4 is 52.3 Å². The number of carbonyl (C=O) groups excluding carboxylic acids is 4. The summed E-state index contributed by atoms with van der Waals surface area (Å²) in [6.07, 6.45) is 0.634. The lowest BCUT2D eigenvalue weighted by molar-refractivity contribution is -0.138. The molecule has 3 aromatic rings. The van der Waals surface area contributed by atoms with Gasteiger partial charge < -0.3 is 34.6 Å². The van der Waals surface area contributed by atoms with Crippen LogP contribution in [0.25, 0.3) is 10.9 Å². The van der Waals surface area contributed by atoms with Gasteiger partial charge in [0.25, 0.3) is 11.8 Å². The summed E-state index contributed by atoms with van der Waals surface area (Å²) >= 11 is 6.44. The number of piperazine rings is 1. The van der Waals surface area contributed by atoms with Crippen molar-refractivity contribution in [3.63, 3.8) is 0 Å². The number of nitrogens with zero attached hydrogens (tertiary/aromatic N) is 4. The second-order valence-corrected chi connectivity index (χ2v) is 12.0. The highest BCUT2D eigenvalue weighted by Gasteiger charge is 2.33. The van der Waals surface area contributed by atoms with Gasteiger partial charge in [0, 0.05) is 55.6 Å². The standard InChI is InChI=1S/C34H38ClN5O8/c1-2-47-34(46)39-18-16-38(17-19-39)33(45)26(13-14-31(42)43)37-32(44)27-20-29(23-9-4-6-11-25(23)36-27)48-21-30(41)40-15-7-12-28(40)22-8-3-5-10-24(22)35/h3-6,8-11,20,26,28H,2,7,12-19,21H2,1H3,(H,37,44)(H,42,43). The van der Waals surface area contributed by atoms with E-state index in [1.54, 1.807) is 42.2 Å². The lowest BCUT2D eigenvalue weighted by Gasteiger charge is -2.35. The third-order valence-electron chi connectivity index (χ3n) is 8.47. The number of aromatic nitrogens is 1. The first-order valence-corrected chi connectivity index (χ1v) is 16.3. The van der Waals surface area contributed by atoms with Crippen LogP contribution < -0.4 is 10.1 Å². The second kappa shape index (κ2) is 15.8. The van der Waals surface area contributed by atoms with E-state index < -0.39 is 29.9 Å². The molecule has 1 aromatic heterocycles. The number of para-hydroxylation sites is 1. The Kier molecular flexibility index (Phi) is 11.3. The number of hydrogen-bond acceptors (Lipinski definition) is 8. The highest BCUT2D eigenvalue weighted by Crippen LogP contribution is 2.36. The van der Waals surface area contributed by atoms with Crippen molar-refractivity contribution < 1.29 is 38.6 Å². The van der Waals surface area contributed by atoms with Gasteiger partial charge in [-0.1, -0.05) is 41.9 Å². The number of carbonyl (C=O) groups is 5. The molecule has 0 saturated carbocycles. The van der Waals surface area contributed by atoms with E-state index in [2.05, 4.69) is 10.3 Å². The number of likely N-dealkylation sites (tertiary alicyclic amines) is 1. The van der Waals surface area contributed by atoms with Gasteiger partial charge in [-0.25, -0.2) is 9.78 Å². The van der Waals surface area contributed by atoms with Crippen molar-refractivity contribution in [2.45, 2.75) is 44.7 Å². The molecule has 48 heavy (non-hydrogen) atoms. The Bertz CT molecular complexity index is 1680. The molecule has 14 heteroatoms. The predicted molar refractivity (Wildman–Crippen MR) is 176 cm³/mol. The van der Waals surface area contributed by atoms with Crippen LogP contribution >= 0.6 is 11.6 Å². The maximum Gasteiger partial charge on any atom is 0.409 e. The van der Waals surface area contributed by atoms with Gasteiger partial charge in [0.05, 0.1) is 18.2 Å². The molecule has 2 N–H and O–H groups in total. The Morgan fingerprint density at radius 3 is 2.44 bits per heavy atom. The maximum absolute atomic E-state index is 13.6. The first-order chi connectivity index (χ1) is 23.2. The van der Waals surface area contributed by atoms with Crippen LogP contribution in [0.1, 0.15) is 54.7 Å². The number of carboxylic acids is 1. The van der Waals surface area contributed by atoms with Crippen LogP contribution in [-0.2, 0) is 19.1 Å². The van der Waals surface area contributed by atoms with Crippen molar-refractivity contribution in [2.75, 3.05) is 45.9 Å². The molecule has 2 atom stereocenters. The number of hydrogen-bond donors (Lipinski definition) is 2. The Morgan fingerprint density at radius 2 is 1.71 bits per heavy atom. The van der Waals surface area contributed by atoms with E-state index in [4.69, 9.17) is 21.1 Å². The summed E-state index contributed by atoms with van der Waals surface area (Å²) in [5.74, 6) is -2.25. The minimum absolute atomic E-state index is 0.0634. The van der Waals surface area contributed by atoms with Crippen LogP contribution in [0.5, 0.6) is 5.75 Å². The zero-order valence-electron chi connectivity index (χ0n) is 26.6. The van der Waals surface area contributed by atoms with Crippen LogP contribution in [0.3, 0.4) is 0 Å². The molecule has 2 saturated heterocycles. The van der Waals surface area contributed by atoms with Crippen molar-refractivity contribution in [2.24, 2.45) is 0 Å². The molecule has 0 aliphatic carbocycles. The summed E-state index contributed by atoms with van der Waals surface area (Å²) in [6, 6.07) is 14.5. The van der Waals surface area contributed by atoms with E-state index in [1.165, 1.54) is 15.9 Å². The number of amides is 4. The van der Waals surface area contributed by atoms with Crippen LogP contribution in [-0.4, -0.2) is 107 Å². The van der Waals surface area contributed by atoms with E-state index in [0.29, 0.717) is 22.5 Å². The second-order valence-electron chi connectivity index (χ2n) is 11.5. The molecule has 2 aliphatic heterocycles. The Hall–Kier alpha value is -4.91. The molecule has 0 spiro atoms. The number of fused-ring (bicyclic) bond motifs is 1. The summed E-state index contributed by atoms with van der Waals surface area (Å²) in [5.41, 5.74) is 1.25. The normalized spacial score (nSPS) is 16.8. The van der Waals surface area contributed by atoms with E-state index in [-0.39, 0.29) is 75.6 Å². The number of halogens is 1. The Labute approximate surface area is 282 Å². The minimum Gasteiger partial charge on any atom is -0.483 e. The summed E-state index contributed by atoms with van der Waals surface area (Å²) < 4.78 is 11.1. The van der Waals surface area contributed by atoms with Gasteiger partial charge >= 0.3 is 12.1 Å². The fourth-order valence-corrected chi connectivity index (χ4v) is 6.30. The van der Waals surface area contributed by atoms with Gasteiger partial charge in [0.1, 0.15) is 17.5 Å². The van der Waals surface area contributed by atoms with Gasteiger partial charge in [-0.2, -0.15) is 0 Å². The average molecular weight is 680 g/mol. The number of nitrogens with one attached hydrogen (secondary N) is 1. The van der Waals surface area contributed by atoms with Crippen LogP contribution in [0.15, 0.2) is 54.6 Å². The molecule has 3 heterocycles. The highest BCUT2D eigenvalue weighted by molar-refractivity contribution is 6.31. The van der Waals surface area contributed by atoms with E-state index in [1.807, 2.05) is 18.2 Å². The lowest BCUT2D eigenvalue weighted by Crippen LogP contribution is -2.56. The molecule has 13 nitrogen and oxygen atoms in total. The Balaban J connectivity index is 1.30. The average Bonchev–Trinajstić information content (AvgIpc) is 3.58. The van der Waals surface area contributed by atoms with Gasteiger partial charge in [-0.05, 0) is 49.9 Å². The van der Waals surface area contributed by atoms with Gasteiger partial charge in [0.15, 0.2) is 6.61 Å². The molecule has 0 radical (unpaired) electrons. The highest BCUT2D eigenvalue weighted by atomic mass is 35.5. The van der Waals surface area contributed by atoms with Crippen LogP contribution in [0, 0.1) is 0 Å². The predicted octanol–water partition coefficient (Wildman–Crippen LogP) is 3.89. The van der Waals surface area contributed by atoms with Crippen molar-refractivity contribution in [1.29, 1.82) is 0 Å². The van der Waals surface area contributed by atoms with Crippen molar-refractivity contribution in [3.8, 4) is 5.75 Å². The van der Waals surface area contributed by atoms with Gasteiger partial charge in [-0.15, -0.1) is 0 Å². The van der Waals surface area contributed by atoms with Gasteiger partial charge in [-0.3, -0.25) is 19.2 Å². The number of ether oxygens (including phenoxy) is 2. The fourth-order valence-electron chi connectivity index (χ4n) is 6.04. The maximum atomic E-state index is 13.6. The molecule has 5 rings (SSSR count). The number of pyridine rings is 1. The van der Waals surface area contributed by atoms with E-state index in [0.717, 1.165) is 18.4 Å². The monoisotopic (exact) mass is 679 g/mol. The summed E-state index contributed by atoms with van der Waals surface area (Å²) in [5, 5.41) is 13.2. The first kappa shape index (κ1) is 34.4. The number of carboxylic acid groups (broad SMARTS) is 1. The molecule has 0 bridgehead atoms. The number of aliphatic carboxylic acids is 1. The van der Waals surface area contributed by atoms with Crippen LogP contribution in [0.4, 0.5) is 4.79 Å². The Morgan fingerprint density at radius 1 is 1.00 bits per heavy atom. The first-order valence-electron chi connectivity index (χ1n) is 16.0. The largest absolute Gasteiger partial charge is 0.483 e. The molecular formula is C34H38ClN5O8. The topological polar surface area (TPSA) is 159 Å². The molecule has 4 amide bonds. The SMILES string of the molecule is CCOC(=O)N1CCN(C(=O)C(CCC(=O)O)NC(=O)c2cc(OCC(=O)N3CCCC3c3ccccc3Cl)c3ccccc3n2)CC1. The summed E-state index contributed by atoms with van der Waals surface area (Å²) in [7, 11) is 0.